The molecule has 10 heteroatoms. The molecule has 0 saturated heterocycles. The van der Waals surface area contributed by atoms with Crippen molar-refractivity contribution in [3.63, 3.8) is 0 Å². The SMILES string of the molecule is C[C@@H](Cn1ccc(-c2cc(F)c(C#N)c(Cl)c2)n1)N(C(=O)c1cc[nH]n1)C(C)(C)O. The minimum atomic E-state index is -1.44. The van der Waals surface area contributed by atoms with E-state index in [-0.39, 0.29) is 22.8 Å². The first kappa shape index (κ1) is 21.5. The molecule has 3 rings (SSSR count). The third-order valence-electron chi connectivity index (χ3n) is 4.51. The summed E-state index contributed by atoms with van der Waals surface area (Å²) in [5.74, 6) is -1.15. The zero-order chi connectivity index (χ0) is 22.1. The third kappa shape index (κ3) is 4.35. The molecule has 0 fully saturated rings. The Morgan fingerprint density at radius 2 is 2.20 bits per heavy atom. The van der Waals surface area contributed by atoms with Crippen molar-refractivity contribution in [1.29, 1.82) is 5.26 Å². The van der Waals surface area contributed by atoms with Gasteiger partial charge in [0.1, 0.15) is 28.9 Å². The molecule has 1 aromatic carbocycles. The Kier molecular flexibility index (Phi) is 5.92. The largest absolute Gasteiger partial charge is 0.371 e. The predicted molar refractivity (Wildman–Crippen MR) is 108 cm³/mol. The van der Waals surface area contributed by atoms with Gasteiger partial charge in [-0.1, -0.05) is 11.6 Å². The van der Waals surface area contributed by atoms with Crippen molar-refractivity contribution in [2.24, 2.45) is 0 Å². The summed E-state index contributed by atoms with van der Waals surface area (Å²) >= 11 is 5.97. The fourth-order valence-corrected chi connectivity index (χ4v) is 3.54. The number of aromatic nitrogens is 4. The highest BCUT2D eigenvalue weighted by molar-refractivity contribution is 6.32. The van der Waals surface area contributed by atoms with E-state index >= 15 is 0 Å². The number of rotatable bonds is 6. The Morgan fingerprint density at radius 1 is 1.47 bits per heavy atom. The van der Waals surface area contributed by atoms with E-state index in [1.165, 1.54) is 43.1 Å². The average molecular weight is 431 g/mol. The molecule has 2 N–H and O–H groups in total. The van der Waals surface area contributed by atoms with Crippen LogP contribution in [0.4, 0.5) is 4.39 Å². The van der Waals surface area contributed by atoms with Gasteiger partial charge in [-0.3, -0.25) is 14.6 Å². The smallest absolute Gasteiger partial charge is 0.276 e. The number of halogens is 2. The van der Waals surface area contributed by atoms with E-state index in [9.17, 15) is 14.3 Å². The topological polar surface area (TPSA) is 111 Å². The average Bonchev–Trinajstić information content (AvgIpc) is 3.32. The first-order valence-electron chi connectivity index (χ1n) is 9.10. The quantitative estimate of drug-likeness (QED) is 0.583. The van der Waals surface area contributed by atoms with E-state index in [1.807, 2.05) is 0 Å². The predicted octanol–water partition coefficient (Wildman–Crippen LogP) is 3.20. The van der Waals surface area contributed by atoms with Crippen LogP contribution in [0.5, 0.6) is 0 Å². The van der Waals surface area contributed by atoms with Crippen molar-refractivity contribution in [2.75, 3.05) is 0 Å². The molecular formula is C20H20ClFN6O2. The molecular weight excluding hydrogens is 411 g/mol. The summed E-state index contributed by atoms with van der Waals surface area (Å²) in [5.41, 5.74) is -0.579. The zero-order valence-electron chi connectivity index (χ0n) is 16.6. The highest BCUT2D eigenvalue weighted by atomic mass is 35.5. The lowest BCUT2D eigenvalue weighted by atomic mass is 10.1. The molecule has 0 radical (unpaired) electrons. The van der Waals surface area contributed by atoms with Gasteiger partial charge in [-0.15, -0.1) is 0 Å². The van der Waals surface area contributed by atoms with Crippen LogP contribution < -0.4 is 0 Å². The van der Waals surface area contributed by atoms with Crippen LogP contribution in [0.1, 0.15) is 36.8 Å². The molecule has 0 aliphatic heterocycles. The maximum atomic E-state index is 14.1. The molecule has 30 heavy (non-hydrogen) atoms. The molecule has 8 nitrogen and oxygen atoms in total. The molecule has 0 bridgehead atoms. The van der Waals surface area contributed by atoms with Crippen LogP contribution in [0.2, 0.25) is 5.02 Å². The van der Waals surface area contributed by atoms with Gasteiger partial charge in [0.2, 0.25) is 0 Å². The molecule has 2 aromatic heterocycles. The van der Waals surface area contributed by atoms with Crippen LogP contribution in [-0.2, 0) is 6.54 Å². The van der Waals surface area contributed by atoms with Crippen molar-refractivity contribution in [1.82, 2.24) is 24.9 Å². The summed E-state index contributed by atoms with van der Waals surface area (Å²) in [4.78, 5) is 14.1. The van der Waals surface area contributed by atoms with Gasteiger partial charge in [0.15, 0.2) is 0 Å². The van der Waals surface area contributed by atoms with Gasteiger partial charge in [0.05, 0.1) is 23.3 Å². The standard InChI is InChI=1S/C20H20ClFN6O2/c1-12(28(20(2,3)30)19(29)18-4-6-24-25-18)11-27-7-5-17(26-27)13-8-15(21)14(10-23)16(22)9-13/h4-9,12,30H,11H2,1-3H3,(H,24,25)/t12-/m0/s1. The van der Waals surface area contributed by atoms with E-state index in [0.29, 0.717) is 11.3 Å². The Bertz CT molecular complexity index is 1070. The number of aliphatic hydroxyl groups is 1. The zero-order valence-corrected chi connectivity index (χ0v) is 17.4. The van der Waals surface area contributed by atoms with Crippen LogP contribution >= 0.6 is 11.6 Å². The summed E-state index contributed by atoms with van der Waals surface area (Å²) in [6.07, 6.45) is 3.21. The second-order valence-electron chi connectivity index (χ2n) is 7.33. The number of carbonyl (C=O) groups is 1. The molecule has 3 aromatic rings. The number of nitrogens with one attached hydrogen (secondary N) is 1. The summed E-state index contributed by atoms with van der Waals surface area (Å²) in [6.45, 7) is 5.09. The molecule has 156 valence electrons. The van der Waals surface area contributed by atoms with Crippen LogP contribution in [0.3, 0.4) is 0 Å². The van der Waals surface area contributed by atoms with Gasteiger partial charge in [-0.2, -0.15) is 15.5 Å². The normalized spacial score (nSPS) is 12.4. The Balaban J connectivity index is 1.84. The third-order valence-corrected chi connectivity index (χ3v) is 4.81. The first-order valence-corrected chi connectivity index (χ1v) is 9.48. The van der Waals surface area contributed by atoms with Gasteiger partial charge < -0.3 is 10.0 Å². The van der Waals surface area contributed by atoms with Crippen LogP contribution in [0, 0.1) is 17.1 Å². The lowest BCUT2D eigenvalue weighted by Crippen LogP contribution is -2.53. The van der Waals surface area contributed by atoms with Gasteiger partial charge in [0, 0.05) is 18.0 Å². The van der Waals surface area contributed by atoms with Crippen molar-refractivity contribution in [2.45, 2.75) is 39.1 Å². The van der Waals surface area contributed by atoms with E-state index in [0.717, 1.165) is 0 Å². The lowest BCUT2D eigenvalue weighted by molar-refractivity contribution is -0.0777. The number of carbonyl (C=O) groups excluding carboxylic acids is 1. The van der Waals surface area contributed by atoms with Crippen LogP contribution in [-0.4, -0.2) is 47.7 Å². The number of amides is 1. The van der Waals surface area contributed by atoms with Crippen molar-refractivity contribution in [3.05, 3.63) is 58.8 Å². The van der Waals surface area contributed by atoms with Crippen molar-refractivity contribution >= 4 is 17.5 Å². The van der Waals surface area contributed by atoms with E-state index in [4.69, 9.17) is 16.9 Å². The minimum absolute atomic E-state index is 0.00761. The summed E-state index contributed by atoms with van der Waals surface area (Å²) in [6, 6.07) is 7.16. The number of H-pyrrole nitrogens is 1. The maximum absolute atomic E-state index is 14.1. The monoisotopic (exact) mass is 430 g/mol. The van der Waals surface area contributed by atoms with Gasteiger partial charge >= 0.3 is 0 Å². The Labute approximate surface area is 177 Å². The summed E-state index contributed by atoms with van der Waals surface area (Å²) < 4.78 is 15.6. The van der Waals surface area contributed by atoms with E-state index in [2.05, 4.69) is 15.3 Å². The Hall–Kier alpha value is -3.22. The summed E-state index contributed by atoms with van der Waals surface area (Å²) in [5, 5.41) is 30.4. The fourth-order valence-electron chi connectivity index (χ4n) is 3.29. The second-order valence-corrected chi connectivity index (χ2v) is 7.73. The minimum Gasteiger partial charge on any atom is -0.371 e. The highest BCUT2D eigenvalue weighted by Crippen LogP contribution is 2.27. The number of nitriles is 1. The number of nitrogens with zero attached hydrogens (tertiary/aromatic N) is 5. The number of hydrogen-bond donors (Lipinski definition) is 2. The van der Waals surface area contributed by atoms with E-state index < -0.39 is 23.5 Å². The fraction of sp³-hybridized carbons (Fsp3) is 0.300. The van der Waals surface area contributed by atoms with Crippen molar-refractivity contribution < 1.29 is 14.3 Å². The molecule has 1 amide bonds. The molecule has 0 spiro atoms. The van der Waals surface area contributed by atoms with Crippen LogP contribution in [0.15, 0.2) is 36.7 Å². The van der Waals surface area contributed by atoms with Crippen LogP contribution in [0.25, 0.3) is 11.3 Å². The molecule has 0 saturated carbocycles. The highest BCUT2D eigenvalue weighted by Gasteiger charge is 2.34. The Morgan fingerprint density at radius 3 is 2.77 bits per heavy atom. The van der Waals surface area contributed by atoms with Gasteiger partial charge in [-0.25, -0.2) is 4.39 Å². The van der Waals surface area contributed by atoms with Gasteiger partial charge in [0.25, 0.3) is 5.91 Å². The summed E-state index contributed by atoms with van der Waals surface area (Å²) in [7, 11) is 0. The molecule has 0 aliphatic rings. The number of benzene rings is 1. The molecule has 1 atom stereocenters. The number of aromatic amines is 1. The lowest BCUT2D eigenvalue weighted by Gasteiger charge is -2.38. The van der Waals surface area contributed by atoms with Crippen molar-refractivity contribution in [3.8, 4) is 17.3 Å². The number of hydrogen-bond acceptors (Lipinski definition) is 5. The second kappa shape index (κ2) is 8.26. The van der Waals surface area contributed by atoms with Gasteiger partial charge in [-0.05, 0) is 45.0 Å². The first-order chi connectivity index (χ1) is 14.1. The molecule has 0 unspecified atom stereocenters. The molecule has 2 heterocycles. The maximum Gasteiger partial charge on any atom is 0.276 e. The molecule has 0 aliphatic carbocycles. The van der Waals surface area contributed by atoms with E-state index in [1.54, 1.807) is 29.9 Å².